The number of benzene rings is 1. The minimum atomic E-state index is -0.284. The first-order chi connectivity index (χ1) is 9.56. The number of rotatable bonds is 4. The normalized spacial score (nSPS) is 9.90. The van der Waals surface area contributed by atoms with Crippen molar-refractivity contribution in [2.24, 2.45) is 0 Å². The lowest BCUT2D eigenvalue weighted by Crippen LogP contribution is -2.07. The molecule has 0 saturated carbocycles. The second-order valence-electron chi connectivity index (χ2n) is 4.08. The molecule has 0 aliphatic rings. The first-order valence-corrected chi connectivity index (χ1v) is 6.30. The third-order valence-corrected chi connectivity index (χ3v) is 2.67. The largest absolute Gasteiger partial charge is 0.439 e. The van der Waals surface area contributed by atoms with E-state index < -0.39 is 0 Å². The van der Waals surface area contributed by atoms with Crippen LogP contribution in [-0.4, -0.2) is 10.9 Å². The zero-order chi connectivity index (χ0) is 14.5. The zero-order valence-corrected chi connectivity index (χ0v) is 11.6. The number of halogens is 1. The van der Waals surface area contributed by atoms with Crippen molar-refractivity contribution in [1.82, 2.24) is 4.98 Å². The first kappa shape index (κ1) is 14.1. The van der Waals surface area contributed by atoms with Crippen LogP contribution in [0.15, 0.2) is 49.1 Å². The molecule has 0 unspecified atom stereocenters. The summed E-state index contributed by atoms with van der Waals surface area (Å²) in [5, 5.41) is 3.30. The summed E-state index contributed by atoms with van der Waals surface area (Å²) in [6, 6.07) is 10.3. The van der Waals surface area contributed by atoms with E-state index in [1.54, 1.807) is 36.4 Å². The Morgan fingerprint density at radius 2 is 2.05 bits per heavy atom. The highest BCUT2D eigenvalue weighted by Crippen LogP contribution is 2.24. The van der Waals surface area contributed by atoms with Crippen LogP contribution in [-0.2, 0) is 4.79 Å². The van der Waals surface area contributed by atoms with Gasteiger partial charge in [0.1, 0.15) is 5.75 Å². The number of amides is 1. The molecule has 2 aromatic rings. The smallest absolute Gasteiger partial charge is 0.247 e. The molecule has 0 radical (unpaired) electrons. The molecule has 2 rings (SSSR count). The molecule has 102 valence electrons. The Morgan fingerprint density at radius 1 is 1.35 bits per heavy atom. The van der Waals surface area contributed by atoms with E-state index in [0.29, 0.717) is 22.3 Å². The minimum absolute atomic E-state index is 0.284. The van der Waals surface area contributed by atoms with Gasteiger partial charge in [-0.2, -0.15) is 0 Å². The monoisotopic (exact) mass is 288 g/mol. The summed E-state index contributed by atoms with van der Waals surface area (Å²) in [5.74, 6) is 0.730. The van der Waals surface area contributed by atoms with Crippen LogP contribution in [0.1, 0.15) is 5.69 Å². The van der Waals surface area contributed by atoms with Gasteiger partial charge in [0.05, 0.1) is 0 Å². The zero-order valence-electron chi connectivity index (χ0n) is 10.9. The van der Waals surface area contributed by atoms with Crippen molar-refractivity contribution < 1.29 is 9.53 Å². The molecule has 20 heavy (non-hydrogen) atoms. The number of aromatic nitrogens is 1. The number of aryl methyl sites for hydroxylation is 1. The molecule has 1 aromatic heterocycles. The van der Waals surface area contributed by atoms with Crippen molar-refractivity contribution in [3.63, 3.8) is 0 Å². The standard InChI is InChI=1S/C15H13ClN2O2/c1-3-14(19)18-12-8-10(2)17-15(9-12)20-13-6-4-11(16)5-7-13/h3-9H,1H2,2H3,(H,17,18,19). The summed E-state index contributed by atoms with van der Waals surface area (Å²) in [5.41, 5.74) is 1.34. The fourth-order valence-electron chi connectivity index (χ4n) is 1.58. The van der Waals surface area contributed by atoms with E-state index in [1.165, 1.54) is 6.08 Å². The number of hydrogen-bond acceptors (Lipinski definition) is 3. The van der Waals surface area contributed by atoms with Crippen molar-refractivity contribution in [3.05, 3.63) is 59.8 Å². The predicted molar refractivity (Wildman–Crippen MR) is 79.3 cm³/mol. The van der Waals surface area contributed by atoms with Gasteiger partial charge in [0.25, 0.3) is 0 Å². The Morgan fingerprint density at radius 3 is 2.70 bits per heavy atom. The molecule has 1 heterocycles. The van der Waals surface area contributed by atoms with E-state index in [0.717, 1.165) is 5.69 Å². The van der Waals surface area contributed by atoms with Crippen LogP contribution in [0.3, 0.4) is 0 Å². The van der Waals surface area contributed by atoms with Crippen LogP contribution in [0.2, 0.25) is 5.02 Å². The van der Waals surface area contributed by atoms with E-state index in [1.807, 2.05) is 6.92 Å². The molecule has 0 fully saturated rings. The molecule has 0 bridgehead atoms. The molecule has 0 saturated heterocycles. The van der Waals surface area contributed by atoms with Crippen LogP contribution in [0.4, 0.5) is 5.69 Å². The summed E-state index contributed by atoms with van der Waals surface area (Å²) in [6.45, 7) is 5.22. The van der Waals surface area contributed by atoms with Crippen molar-refractivity contribution in [2.45, 2.75) is 6.92 Å². The molecule has 1 aromatic carbocycles. The van der Waals surface area contributed by atoms with E-state index in [4.69, 9.17) is 16.3 Å². The van der Waals surface area contributed by atoms with Crippen LogP contribution >= 0.6 is 11.6 Å². The van der Waals surface area contributed by atoms with E-state index in [2.05, 4.69) is 16.9 Å². The van der Waals surface area contributed by atoms with Gasteiger partial charge in [0.2, 0.25) is 11.8 Å². The summed E-state index contributed by atoms with van der Waals surface area (Å²) in [6.07, 6.45) is 1.20. The Balaban J connectivity index is 2.21. The third-order valence-electron chi connectivity index (χ3n) is 2.42. The lowest BCUT2D eigenvalue weighted by atomic mass is 10.3. The molecule has 0 spiro atoms. The fourth-order valence-corrected chi connectivity index (χ4v) is 1.71. The maximum Gasteiger partial charge on any atom is 0.247 e. The second-order valence-corrected chi connectivity index (χ2v) is 4.52. The van der Waals surface area contributed by atoms with E-state index in [9.17, 15) is 4.79 Å². The van der Waals surface area contributed by atoms with Crippen molar-refractivity contribution in [3.8, 4) is 11.6 Å². The number of nitrogens with zero attached hydrogens (tertiary/aromatic N) is 1. The highest BCUT2D eigenvalue weighted by Gasteiger charge is 2.05. The van der Waals surface area contributed by atoms with Gasteiger partial charge in [0.15, 0.2) is 0 Å². The molecular formula is C15H13ClN2O2. The maximum atomic E-state index is 11.3. The summed E-state index contributed by atoms with van der Waals surface area (Å²) >= 11 is 5.81. The molecular weight excluding hydrogens is 276 g/mol. The quantitative estimate of drug-likeness (QED) is 0.866. The van der Waals surface area contributed by atoms with Crippen molar-refractivity contribution in [1.29, 1.82) is 0 Å². The number of pyridine rings is 1. The number of carbonyl (C=O) groups excluding carboxylic acids is 1. The van der Waals surface area contributed by atoms with Gasteiger partial charge in [-0.15, -0.1) is 0 Å². The van der Waals surface area contributed by atoms with E-state index >= 15 is 0 Å². The van der Waals surface area contributed by atoms with Crippen molar-refractivity contribution >= 4 is 23.2 Å². The van der Waals surface area contributed by atoms with Gasteiger partial charge in [-0.05, 0) is 43.3 Å². The number of carbonyl (C=O) groups is 1. The summed E-state index contributed by atoms with van der Waals surface area (Å²) < 4.78 is 5.62. The van der Waals surface area contributed by atoms with Crippen LogP contribution < -0.4 is 10.1 Å². The minimum Gasteiger partial charge on any atom is -0.439 e. The number of hydrogen-bond donors (Lipinski definition) is 1. The molecule has 4 nitrogen and oxygen atoms in total. The van der Waals surface area contributed by atoms with Gasteiger partial charge >= 0.3 is 0 Å². The fraction of sp³-hybridized carbons (Fsp3) is 0.0667. The molecule has 0 atom stereocenters. The highest BCUT2D eigenvalue weighted by atomic mass is 35.5. The Kier molecular flexibility index (Phi) is 4.38. The lowest BCUT2D eigenvalue weighted by molar-refractivity contribution is -0.111. The summed E-state index contributed by atoms with van der Waals surface area (Å²) in [7, 11) is 0. The number of anilines is 1. The van der Waals surface area contributed by atoms with Gasteiger partial charge in [-0.1, -0.05) is 18.2 Å². The SMILES string of the molecule is C=CC(=O)Nc1cc(C)nc(Oc2ccc(Cl)cc2)c1. The Bertz CT molecular complexity index is 639. The second kappa shape index (κ2) is 6.21. The highest BCUT2D eigenvalue weighted by molar-refractivity contribution is 6.30. The van der Waals surface area contributed by atoms with E-state index in [-0.39, 0.29) is 5.91 Å². The maximum absolute atomic E-state index is 11.3. The van der Waals surface area contributed by atoms with Crippen LogP contribution in [0, 0.1) is 6.92 Å². The molecule has 0 aliphatic heterocycles. The Hall–Kier alpha value is -2.33. The lowest BCUT2D eigenvalue weighted by Gasteiger charge is -2.08. The molecule has 1 N–H and O–H groups in total. The van der Waals surface area contributed by atoms with Gasteiger partial charge in [-0.25, -0.2) is 4.98 Å². The van der Waals surface area contributed by atoms with Crippen LogP contribution in [0.25, 0.3) is 0 Å². The van der Waals surface area contributed by atoms with Gasteiger partial charge in [-0.3, -0.25) is 4.79 Å². The van der Waals surface area contributed by atoms with Gasteiger partial charge in [0, 0.05) is 22.5 Å². The van der Waals surface area contributed by atoms with Crippen molar-refractivity contribution in [2.75, 3.05) is 5.32 Å². The predicted octanol–water partition coefficient (Wildman–Crippen LogP) is 3.96. The van der Waals surface area contributed by atoms with Gasteiger partial charge < -0.3 is 10.1 Å². The number of nitrogens with one attached hydrogen (secondary N) is 1. The average Bonchev–Trinajstić information content (AvgIpc) is 2.40. The molecule has 0 aliphatic carbocycles. The first-order valence-electron chi connectivity index (χ1n) is 5.92. The molecule has 5 heteroatoms. The average molecular weight is 289 g/mol. The topological polar surface area (TPSA) is 51.2 Å². The Labute approximate surface area is 122 Å². The molecule has 1 amide bonds. The third kappa shape index (κ3) is 3.83. The summed E-state index contributed by atoms with van der Waals surface area (Å²) in [4.78, 5) is 15.5. The number of ether oxygens (including phenoxy) is 1. The van der Waals surface area contributed by atoms with Crippen LogP contribution in [0.5, 0.6) is 11.6 Å².